The number of piperidine rings is 1. The van der Waals surface area contributed by atoms with Crippen LogP contribution in [0.4, 0.5) is 16.4 Å². The second-order valence-corrected chi connectivity index (χ2v) is 12.9. The third-order valence-corrected chi connectivity index (χ3v) is 8.83. The molecule has 1 unspecified atom stereocenters. The lowest BCUT2D eigenvalue weighted by atomic mass is 10.0. The first-order chi connectivity index (χ1) is 20.1. The van der Waals surface area contributed by atoms with E-state index in [4.69, 9.17) is 9.72 Å². The number of carboxylic acid groups (broad SMARTS) is 1. The smallest absolute Gasteiger partial charge is 0.407 e. The van der Waals surface area contributed by atoms with Crippen LogP contribution >= 0.6 is 15.9 Å². The van der Waals surface area contributed by atoms with Gasteiger partial charge in [-0.1, -0.05) is 31.2 Å². The molecule has 11 nitrogen and oxygen atoms in total. The van der Waals surface area contributed by atoms with Crippen molar-refractivity contribution in [2.45, 2.75) is 39.2 Å². The van der Waals surface area contributed by atoms with E-state index >= 15 is 0 Å². The number of sulfonamides is 1. The molecule has 1 saturated heterocycles. The average Bonchev–Trinajstić information content (AvgIpc) is 2.95. The van der Waals surface area contributed by atoms with Gasteiger partial charge in [0, 0.05) is 46.8 Å². The highest BCUT2D eigenvalue weighted by molar-refractivity contribution is 9.10. The van der Waals surface area contributed by atoms with E-state index in [1.165, 1.54) is 4.90 Å². The lowest BCUT2D eigenvalue weighted by Crippen LogP contribution is -2.44. The van der Waals surface area contributed by atoms with Crippen LogP contribution in [0.5, 0.6) is 11.6 Å². The molecular formula is C29H31BrN6O5S. The van der Waals surface area contributed by atoms with E-state index in [9.17, 15) is 18.3 Å². The minimum absolute atomic E-state index is 0.0269. The lowest BCUT2D eigenvalue weighted by Gasteiger charge is -2.31. The molecule has 3 N–H and O–H groups in total. The van der Waals surface area contributed by atoms with E-state index in [1.807, 2.05) is 38.1 Å². The maximum absolute atomic E-state index is 12.5. The van der Waals surface area contributed by atoms with Gasteiger partial charge < -0.3 is 20.1 Å². The summed E-state index contributed by atoms with van der Waals surface area (Å²) in [5, 5.41) is 14.1. The van der Waals surface area contributed by atoms with Crippen molar-refractivity contribution in [3.63, 3.8) is 0 Å². The second-order valence-electron chi connectivity index (χ2n) is 10.1. The highest BCUT2D eigenvalue weighted by Crippen LogP contribution is 2.39. The quantitative estimate of drug-likeness (QED) is 0.190. The molecule has 1 amide bonds. The molecule has 0 aliphatic carbocycles. The van der Waals surface area contributed by atoms with Gasteiger partial charge in [0.25, 0.3) is 0 Å². The SMILES string of the molecule is CCCS(=O)(=O)Nc1cccc2c(Oc3ncc(Br)cc3-c3ccnc(NC4CCCN(C(=O)O)C4)n3)c(C)ccc12. The Morgan fingerprint density at radius 2 is 2.02 bits per heavy atom. The van der Waals surface area contributed by atoms with E-state index in [0.717, 1.165) is 28.3 Å². The van der Waals surface area contributed by atoms with Crippen LogP contribution in [0.2, 0.25) is 0 Å². The maximum Gasteiger partial charge on any atom is 0.407 e. The fourth-order valence-electron chi connectivity index (χ4n) is 4.97. The first-order valence-corrected chi connectivity index (χ1v) is 16.0. The van der Waals surface area contributed by atoms with Gasteiger partial charge in [-0.2, -0.15) is 0 Å². The fourth-order valence-corrected chi connectivity index (χ4v) is 6.45. The number of aryl methyl sites for hydroxylation is 1. The molecule has 1 aliphatic heterocycles. The minimum atomic E-state index is -3.49. The van der Waals surface area contributed by atoms with Crippen LogP contribution in [0.3, 0.4) is 0 Å². The molecule has 0 saturated carbocycles. The van der Waals surface area contributed by atoms with Crippen molar-refractivity contribution >= 4 is 54.5 Å². The van der Waals surface area contributed by atoms with Gasteiger partial charge in [0.1, 0.15) is 5.75 Å². The molecule has 5 rings (SSSR count). The zero-order chi connectivity index (χ0) is 29.9. The summed E-state index contributed by atoms with van der Waals surface area (Å²) in [7, 11) is -3.49. The third kappa shape index (κ3) is 6.73. The predicted molar refractivity (Wildman–Crippen MR) is 166 cm³/mol. The van der Waals surface area contributed by atoms with E-state index in [-0.39, 0.29) is 11.8 Å². The number of amides is 1. The Morgan fingerprint density at radius 1 is 1.19 bits per heavy atom. The van der Waals surface area contributed by atoms with Gasteiger partial charge in [-0.05, 0) is 65.9 Å². The molecular weight excluding hydrogens is 624 g/mol. The second kappa shape index (κ2) is 12.5. The molecule has 0 spiro atoms. The van der Waals surface area contributed by atoms with Crippen LogP contribution in [-0.2, 0) is 10.0 Å². The number of likely N-dealkylation sites (tertiary alicyclic amines) is 1. The van der Waals surface area contributed by atoms with E-state index in [2.05, 4.69) is 35.9 Å². The molecule has 1 atom stereocenters. The Kier molecular flexibility index (Phi) is 8.78. The van der Waals surface area contributed by atoms with Crippen LogP contribution < -0.4 is 14.8 Å². The zero-order valence-electron chi connectivity index (χ0n) is 23.2. The summed E-state index contributed by atoms with van der Waals surface area (Å²) >= 11 is 3.50. The summed E-state index contributed by atoms with van der Waals surface area (Å²) in [5.74, 6) is 1.26. The number of aromatic nitrogens is 3. The number of rotatable bonds is 9. The van der Waals surface area contributed by atoms with Gasteiger partial charge in [0.2, 0.25) is 21.9 Å². The monoisotopic (exact) mass is 654 g/mol. The fraction of sp³-hybridized carbons (Fsp3) is 0.310. The van der Waals surface area contributed by atoms with Gasteiger partial charge >= 0.3 is 6.09 Å². The summed E-state index contributed by atoms with van der Waals surface area (Å²) in [6, 6.07) is 12.6. The first kappa shape index (κ1) is 29.5. The van der Waals surface area contributed by atoms with Gasteiger partial charge in [0.15, 0.2) is 0 Å². The van der Waals surface area contributed by atoms with Crippen molar-refractivity contribution < 1.29 is 23.1 Å². The standard InChI is InChI=1S/C29H31BrN6O5S/c1-3-14-42(39,40)35-25-8-4-7-22-21(25)10-9-18(2)26(22)41-27-23(15-19(30)16-32-27)24-11-12-31-28(34-24)33-20-6-5-13-36(17-20)29(37)38/h4,7-12,15-16,20,35H,3,5-6,13-14,17H2,1-2H3,(H,37,38)(H,31,33,34). The van der Waals surface area contributed by atoms with Gasteiger partial charge in [-0.25, -0.2) is 28.2 Å². The van der Waals surface area contributed by atoms with Crippen molar-refractivity contribution in [2.75, 3.05) is 28.9 Å². The summed E-state index contributed by atoms with van der Waals surface area (Å²) in [6.07, 6.45) is 4.39. The summed E-state index contributed by atoms with van der Waals surface area (Å²) < 4.78 is 34.9. The molecule has 0 bridgehead atoms. The molecule has 220 valence electrons. The summed E-state index contributed by atoms with van der Waals surface area (Å²) in [4.78, 5) is 26.4. The number of hydrogen-bond donors (Lipinski definition) is 3. The Bertz CT molecular complexity index is 1740. The van der Waals surface area contributed by atoms with Crippen molar-refractivity contribution in [1.82, 2.24) is 19.9 Å². The van der Waals surface area contributed by atoms with Gasteiger partial charge in [-0.3, -0.25) is 4.72 Å². The maximum atomic E-state index is 12.5. The average molecular weight is 656 g/mol. The Labute approximate surface area is 252 Å². The molecule has 42 heavy (non-hydrogen) atoms. The number of ether oxygens (including phenoxy) is 1. The number of carbonyl (C=O) groups is 1. The minimum Gasteiger partial charge on any atom is -0.465 e. The van der Waals surface area contributed by atoms with Gasteiger partial charge in [-0.15, -0.1) is 0 Å². The molecule has 1 aliphatic rings. The summed E-state index contributed by atoms with van der Waals surface area (Å²) in [6.45, 7) is 4.60. The number of nitrogens with one attached hydrogen (secondary N) is 2. The zero-order valence-corrected chi connectivity index (χ0v) is 25.6. The first-order valence-electron chi connectivity index (χ1n) is 13.6. The topological polar surface area (TPSA) is 147 Å². The number of fused-ring (bicyclic) bond motifs is 1. The number of hydrogen-bond acceptors (Lipinski definition) is 8. The van der Waals surface area contributed by atoms with E-state index in [1.54, 1.807) is 30.6 Å². The highest BCUT2D eigenvalue weighted by Gasteiger charge is 2.24. The largest absolute Gasteiger partial charge is 0.465 e. The molecule has 2 aromatic carbocycles. The van der Waals surface area contributed by atoms with Crippen molar-refractivity contribution in [2.24, 2.45) is 0 Å². The van der Waals surface area contributed by atoms with Crippen LogP contribution in [0.15, 0.2) is 59.3 Å². The van der Waals surface area contributed by atoms with Crippen LogP contribution in [0.1, 0.15) is 31.7 Å². The highest BCUT2D eigenvalue weighted by atomic mass is 79.9. The molecule has 13 heteroatoms. The number of halogens is 1. The molecule has 2 aromatic heterocycles. The van der Waals surface area contributed by atoms with E-state index in [0.29, 0.717) is 59.4 Å². The lowest BCUT2D eigenvalue weighted by molar-refractivity contribution is 0.132. The number of nitrogens with zero attached hydrogens (tertiary/aromatic N) is 4. The molecule has 0 radical (unpaired) electrons. The third-order valence-electron chi connectivity index (χ3n) is 6.92. The van der Waals surface area contributed by atoms with E-state index < -0.39 is 16.1 Å². The predicted octanol–water partition coefficient (Wildman–Crippen LogP) is 6.26. The van der Waals surface area contributed by atoms with Crippen LogP contribution in [-0.4, -0.2) is 64.4 Å². The normalized spacial score (nSPS) is 15.4. The van der Waals surface area contributed by atoms with Crippen LogP contribution in [0, 0.1) is 6.92 Å². The Balaban J connectivity index is 1.48. The summed E-state index contributed by atoms with van der Waals surface area (Å²) in [5.41, 5.74) is 2.50. The molecule has 4 aromatic rings. The number of anilines is 2. The molecule has 3 heterocycles. The van der Waals surface area contributed by atoms with Crippen molar-refractivity contribution in [1.29, 1.82) is 0 Å². The molecule has 1 fully saturated rings. The Morgan fingerprint density at radius 3 is 2.81 bits per heavy atom. The number of pyridine rings is 1. The van der Waals surface area contributed by atoms with Crippen molar-refractivity contribution in [3.05, 3.63) is 64.9 Å². The number of benzene rings is 2. The Hall–Kier alpha value is -3.97. The van der Waals surface area contributed by atoms with Gasteiger partial charge in [0.05, 0.1) is 22.7 Å². The van der Waals surface area contributed by atoms with Crippen LogP contribution in [0.25, 0.3) is 22.0 Å². The van der Waals surface area contributed by atoms with Crippen molar-refractivity contribution in [3.8, 4) is 22.9 Å².